The first-order chi connectivity index (χ1) is 11.7. The summed E-state index contributed by atoms with van der Waals surface area (Å²) < 4.78 is 0. The lowest BCUT2D eigenvalue weighted by molar-refractivity contribution is -0.385. The van der Waals surface area contributed by atoms with Gasteiger partial charge in [0.2, 0.25) is 5.91 Å². The van der Waals surface area contributed by atoms with Crippen molar-refractivity contribution in [1.29, 1.82) is 0 Å². The molecule has 132 valence electrons. The molecule has 0 aromatic heterocycles. The van der Waals surface area contributed by atoms with Crippen LogP contribution in [0.5, 0.6) is 0 Å². The fraction of sp³-hybridized carbons (Fsp3) is 0.333. The van der Waals surface area contributed by atoms with E-state index in [9.17, 15) is 24.5 Å². The highest BCUT2D eigenvalue weighted by Gasteiger charge is 2.43. The Labute approximate surface area is 143 Å². The van der Waals surface area contributed by atoms with Gasteiger partial charge in [-0.2, -0.15) is 5.10 Å². The second kappa shape index (κ2) is 7.07. The van der Waals surface area contributed by atoms with Crippen molar-refractivity contribution in [2.75, 3.05) is 6.54 Å². The highest BCUT2D eigenvalue weighted by Crippen LogP contribution is 2.17. The minimum absolute atomic E-state index is 0.0824. The normalized spacial score (nSPS) is 16.2. The van der Waals surface area contributed by atoms with Crippen LogP contribution in [0.25, 0.3) is 0 Å². The lowest BCUT2D eigenvalue weighted by Crippen LogP contribution is -2.40. The van der Waals surface area contributed by atoms with E-state index in [1.807, 2.05) is 0 Å². The highest BCUT2D eigenvalue weighted by atomic mass is 16.6. The summed E-state index contributed by atoms with van der Waals surface area (Å²) in [6.07, 6.45) is 1.02. The van der Waals surface area contributed by atoms with Crippen LogP contribution in [0.4, 0.5) is 10.5 Å². The number of para-hydroxylation sites is 1. The number of nitrogens with one attached hydrogen (secondary N) is 2. The summed E-state index contributed by atoms with van der Waals surface area (Å²) in [5.74, 6) is -0.936. The average molecular weight is 347 g/mol. The molecule has 1 saturated heterocycles. The Kier molecular flexibility index (Phi) is 5.11. The number of nitro groups is 1. The predicted molar refractivity (Wildman–Crippen MR) is 87.8 cm³/mol. The molecule has 1 fully saturated rings. The molecule has 2 N–H and O–H groups in total. The third-order valence-corrected chi connectivity index (χ3v) is 3.53. The Morgan fingerprint density at radius 1 is 1.40 bits per heavy atom. The minimum Gasteiger partial charge on any atom is -0.324 e. The Hall–Kier alpha value is -3.30. The smallest absolute Gasteiger partial charge is 0.324 e. The van der Waals surface area contributed by atoms with Crippen molar-refractivity contribution in [3.8, 4) is 0 Å². The first-order valence-electron chi connectivity index (χ1n) is 7.42. The second-order valence-corrected chi connectivity index (χ2v) is 5.87. The maximum absolute atomic E-state index is 12.0. The lowest BCUT2D eigenvalue weighted by Gasteiger charge is -2.15. The first kappa shape index (κ1) is 18.0. The third-order valence-electron chi connectivity index (χ3n) is 3.53. The van der Waals surface area contributed by atoms with E-state index in [1.54, 1.807) is 19.9 Å². The van der Waals surface area contributed by atoms with E-state index in [4.69, 9.17) is 0 Å². The molecule has 0 bridgehead atoms. The topological polar surface area (TPSA) is 134 Å². The summed E-state index contributed by atoms with van der Waals surface area (Å²) in [7, 11) is 0. The molecular formula is C15H17N5O5. The van der Waals surface area contributed by atoms with E-state index in [0.29, 0.717) is 0 Å². The van der Waals surface area contributed by atoms with Crippen LogP contribution in [-0.4, -0.2) is 46.0 Å². The zero-order chi connectivity index (χ0) is 18.6. The predicted octanol–water partition coefficient (Wildman–Crippen LogP) is 0.765. The summed E-state index contributed by atoms with van der Waals surface area (Å²) in [6.45, 7) is 3.07. The van der Waals surface area contributed by atoms with E-state index in [2.05, 4.69) is 15.8 Å². The van der Waals surface area contributed by atoms with Gasteiger partial charge in [-0.05, 0) is 19.9 Å². The van der Waals surface area contributed by atoms with Gasteiger partial charge in [-0.25, -0.2) is 10.2 Å². The van der Waals surface area contributed by atoms with Gasteiger partial charge in [0.05, 0.1) is 16.7 Å². The molecule has 0 atom stereocenters. The van der Waals surface area contributed by atoms with Crippen molar-refractivity contribution in [3.63, 3.8) is 0 Å². The summed E-state index contributed by atoms with van der Waals surface area (Å²) in [6, 6.07) is 5.39. The molecule has 1 aromatic carbocycles. The SMILES string of the molecule is CC1(C)NC(=O)N(CCC(=O)N/N=C\c2ccccc2[N+](=O)[O-])C1=O. The van der Waals surface area contributed by atoms with Gasteiger partial charge >= 0.3 is 6.03 Å². The summed E-state index contributed by atoms with van der Waals surface area (Å²) in [5.41, 5.74) is 1.32. The number of imide groups is 1. The fourth-order valence-corrected chi connectivity index (χ4v) is 2.23. The quantitative estimate of drug-likeness (QED) is 0.339. The van der Waals surface area contributed by atoms with Crippen molar-refractivity contribution in [2.24, 2.45) is 5.10 Å². The highest BCUT2D eigenvalue weighted by molar-refractivity contribution is 6.06. The van der Waals surface area contributed by atoms with Gasteiger partial charge in [-0.3, -0.25) is 24.6 Å². The van der Waals surface area contributed by atoms with E-state index < -0.39 is 28.3 Å². The minimum atomic E-state index is -0.988. The van der Waals surface area contributed by atoms with Crippen LogP contribution in [0.15, 0.2) is 29.4 Å². The van der Waals surface area contributed by atoms with Crippen LogP contribution in [-0.2, 0) is 9.59 Å². The number of benzene rings is 1. The molecule has 0 radical (unpaired) electrons. The molecule has 10 heteroatoms. The molecule has 4 amide bonds. The third kappa shape index (κ3) is 4.16. The number of hydrogen-bond acceptors (Lipinski definition) is 6. The van der Waals surface area contributed by atoms with Gasteiger partial charge in [-0.1, -0.05) is 12.1 Å². The maximum Gasteiger partial charge on any atom is 0.325 e. The van der Waals surface area contributed by atoms with Crippen LogP contribution in [0, 0.1) is 10.1 Å². The van der Waals surface area contributed by atoms with Gasteiger partial charge in [-0.15, -0.1) is 0 Å². The number of hydrazone groups is 1. The number of amides is 4. The van der Waals surface area contributed by atoms with Crippen molar-refractivity contribution in [2.45, 2.75) is 25.8 Å². The van der Waals surface area contributed by atoms with Crippen LogP contribution in [0.2, 0.25) is 0 Å². The van der Waals surface area contributed by atoms with Crippen molar-refractivity contribution < 1.29 is 19.3 Å². The molecule has 0 aliphatic carbocycles. The first-order valence-corrected chi connectivity index (χ1v) is 7.42. The van der Waals surface area contributed by atoms with E-state index in [-0.39, 0.29) is 24.2 Å². The van der Waals surface area contributed by atoms with E-state index >= 15 is 0 Å². The molecule has 0 saturated carbocycles. The summed E-state index contributed by atoms with van der Waals surface area (Å²) >= 11 is 0. The van der Waals surface area contributed by atoms with Crippen LogP contribution in [0.1, 0.15) is 25.8 Å². The zero-order valence-corrected chi connectivity index (χ0v) is 13.7. The van der Waals surface area contributed by atoms with E-state index in [0.717, 1.165) is 11.1 Å². The lowest BCUT2D eigenvalue weighted by atomic mass is 10.1. The van der Waals surface area contributed by atoms with E-state index in [1.165, 1.54) is 18.2 Å². The average Bonchev–Trinajstić information content (AvgIpc) is 2.73. The summed E-state index contributed by atoms with van der Waals surface area (Å²) in [4.78, 5) is 46.7. The van der Waals surface area contributed by atoms with Crippen molar-refractivity contribution >= 4 is 29.7 Å². The maximum atomic E-state index is 12.0. The fourth-order valence-electron chi connectivity index (χ4n) is 2.23. The Bertz CT molecular complexity index is 758. The molecule has 1 aromatic rings. The van der Waals surface area contributed by atoms with Gasteiger partial charge in [0.1, 0.15) is 5.54 Å². The number of nitrogens with zero attached hydrogens (tertiary/aromatic N) is 3. The van der Waals surface area contributed by atoms with Gasteiger partial charge in [0, 0.05) is 19.0 Å². The van der Waals surface area contributed by atoms with Gasteiger partial charge in [0.15, 0.2) is 0 Å². The number of carbonyl (C=O) groups is 3. The number of carbonyl (C=O) groups excluding carboxylic acids is 3. The number of rotatable bonds is 6. The standard InChI is InChI=1S/C15H17N5O5/c1-15(2)13(22)19(14(23)17-15)8-7-12(21)18-16-9-10-5-3-4-6-11(10)20(24)25/h3-6,9H,7-8H2,1-2H3,(H,17,23)(H,18,21)/b16-9-. The number of urea groups is 1. The van der Waals surface area contributed by atoms with Gasteiger partial charge < -0.3 is 5.32 Å². The molecule has 0 unspecified atom stereocenters. The molecule has 10 nitrogen and oxygen atoms in total. The second-order valence-electron chi connectivity index (χ2n) is 5.87. The molecule has 1 aliphatic heterocycles. The summed E-state index contributed by atoms with van der Waals surface area (Å²) in [5, 5.41) is 17.0. The number of nitro benzene ring substituents is 1. The molecule has 25 heavy (non-hydrogen) atoms. The van der Waals surface area contributed by atoms with Crippen molar-refractivity contribution in [1.82, 2.24) is 15.6 Å². The Balaban J connectivity index is 1.89. The monoisotopic (exact) mass is 347 g/mol. The van der Waals surface area contributed by atoms with Crippen molar-refractivity contribution in [3.05, 3.63) is 39.9 Å². The van der Waals surface area contributed by atoms with Gasteiger partial charge in [0.25, 0.3) is 11.6 Å². The Morgan fingerprint density at radius 2 is 2.08 bits per heavy atom. The molecule has 1 heterocycles. The molecular weight excluding hydrogens is 330 g/mol. The molecule has 1 aliphatic rings. The Morgan fingerprint density at radius 3 is 2.68 bits per heavy atom. The largest absolute Gasteiger partial charge is 0.325 e. The molecule has 0 spiro atoms. The number of hydrogen-bond donors (Lipinski definition) is 2. The van der Waals surface area contributed by atoms with Crippen LogP contribution in [0.3, 0.4) is 0 Å². The van der Waals surface area contributed by atoms with Crippen LogP contribution < -0.4 is 10.7 Å². The zero-order valence-electron chi connectivity index (χ0n) is 13.7. The van der Waals surface area contributed by atoms with Crippen LogP contribution >= 0.6 is 0 Å². The molecule has 2 rings (SSSR count).